The molecule has 0 saturated heterocycles. The second kappa shape index (κ2) is 4.93. The molecule has 0 radical (unpaired) electrons. The van der Waals surface area contributed by atoms with Crippen molar-refractivity contribution in [2.45, 2.75) is 13.5 Å². The van der Waals surface area contributed by atoms with Crippen molar-refractivity contribution in [3.8, 4) is 11.4 Å². The molecular weight excluding hydrogens is 242 g/mol. The van der Waals surface area contributed by atoms with E-state index in [-0.39, 0.29) is 0 Å². The van der Waals surface area contributed by atoms with Gasteiger partial charge in [-0.05, 0) is 36.4 Å². The minimum Gasteiger partial charge on any atom is -0.465 e. The fraction of sp³-hybridized carbons (Fsp3) is 0.154. The van der Waals surface area contributed by atoms with Gasteiger partial charge in [0.05, 0.1) is 6.54 Å². The van der Waals surface area contributed by atoms with Gasteiger partial charge in [0.25, 0.3) is 0 Å². The fourth-order valence-electron chi connectivity index (χ4n) is 1.82. The second-order valence-electron chi connectivity index (χ2n) is 4.18. The first-order valence-corrected chi connectivity index (χ1v) is 5.94. The topological polar surface area (TPSA) is 79.6 Å². The van der Waals surface area contributed by atoms with E-state index in [0.717, 1.165) is 22.8 Å². The van der Waals surface area contributed by atoms with Crippen molar-refractivity contribution in [2.75, 3.05) is 5.32 Å². The standard InChI is InChI=1S/C13H13N5O/c1-9-5-6-12(19-9)8-14-11-4-2-3-10(7-11)13-15-17-18-16-13/h2-7,14H,8H2,1H3,(H,15,16,17,18). The molecule has 6 nitrogen and oxygen atoms in total. The van der Waals surface area contributed by atoms with Gasteiger partial charge < -0.3 is 9.73 Å². The van der Waals surface area contributed by atoms with E-state index in [4.69, 9.17) is 4.42 Å². The van der Waals surface area contributed by atoms with Gasteiger partial charge in [-0.1, -0.05) is 12.1 Å². The van der Waals surface area contributed by atoms with Crippen LogP contribution in [0.25, 0.3) is 11.4 Å². The van der Waals surface area contributed by atoms with Gasteiger partial charge in [-0.25, -0.2) is 0 Å². The molecule has 19 heavy (non-hydrogen) atoms. The van der Waals surface area contributed by atoms with Gasteiger partial charge >= 0.3 is 0 Å². The maximum atomic E-state index is 5.51. The summed E-state index contributed by atoms with van der Waals surface area (Å²) in [6.07, 6.45) is 0. The number of anilines is 1. The third-order valence-corrected chi connectivity index (χ3v) is 2.73. The summed E-state index contributed by atoms with van der Waals surface area (Å²) >= 11 is 0. The number of rotatable bonds is 4. The quantitative estimate of drug-likeness (QED) is 0.748. The molecule has 0 spiro atoms. The molecule has 6 heteroatoms. The number of H-pyrrole nitrogens is 1. The molecule has 3 rings (SSSR count). The molecule has 0 aliphatic carbocycles. The molecule has 0 fully saturated rings. The third-order valence-electron chi connectivity index (χ3n) is 2.73. The molecule has 0 bridgehead atoms. The first-order valence-electron chi connectivity index (χ1n) is 5.94. The molecule has 0 saturated carbocycles. The zero-order chi connectivity index (χ0) is 13.1. The molecule has 0 unspecified atom stereocenters. The van der Waals surface area contributed by atoms with E-state index in [1.54, 1.807) is 0 Å². The largest absolute Gasteiger partial charge is 0.465 e. The van der Waals surface area contributed by atoms with Crippen LogP contribution >= 0.6 is 0 Å². The van der Waals surface area contributed by atoms with Crippen LogP contribution in [-0.4, -0.2) is 20.6 Å². The van der Waals surface area contributed by atoms with Crippen molar-refractivity contribution in [3.05, 3.63) is 47.9 Å². The van der Waals surface area contributed by atoms with E-state index in [1.807, 2.05) is 43.3 Å². The van der Waals surface area contributed by atoms with E-state index in [2.05, 4.69) is 25.9 Å². The van der Waals surface area contributed by atoms with Crippen LogP contribution in [0.1, 0.15) is 11.5 Å². The number of furan rings is 1. The Kier molecular flexibility index (Phi) is 2.97. The van der Waals surface area contributed by atoms with E-state index < -0.39 is 0 Å². The molecule has 0 aliphatic heterocycles. The van der Waals surface area contributed by atoms with Crippen LogP contribution in [0.4, 0.5) is 5.69 Å². The van der Waals surface area contributed by atoms with Crippen molar-refractivity contribution in [1.82, 2.24) is 20.6 Å². The van der Waals surface area contributed by atoms with Gasteiger partial charge in [0.15, 0.2) is 0 Å². The summed E-state index contributed by atoms with van der Waals surface area (Å²) in [4.78, 5) is 0. The number of hydrogen-bond acceptors (Lipinski definition) is 5. The third kappa shape index (κ3) is 2.62. The Hall–Kier alpha value is -2.63. The lowest BCUT2D eigenvalue weighted by Crippen LogP contribution is -1.98. The number of nitrogens with zero attached hydrogens (tertiary/aromatic N) is 3. The van der Waals surface area contributed by atoms with Gasteiger partial charge in [0.2, 0.25) is 5.82 Å². The maximum absolute atomic E-state index is 5.51. The summed E-state index contributed by atoms with van der Waals surface area (Å²) in [7, 11) is 0. The smallest absolute Gasteiger partial charge is 0.204 e. The van der Waals surface area contributed by atoms with E-state index in [9.17, 15) is 0 Å². The van der Waals surface area contributed by atoms with Crippen LogP contribution in [0.2, 0.25) is 0 Å². The molecule has 0 aliphatic rings. The molecule has 2 heterocycles. The minimum atomic E-state index is 0.581. The van der Waals surface area contributed by atoms with E-state index in [1.165, 1.54) is 0 Å². The lowest BCUT2D eigenvalue weighted by molar-refractivity contribution is 0.490. The minimum absolute atomic E-state index is 0.581. The Morgan fingerprint density at radius 2 is 2.21 bits per heavy atom. The summed E-state index contributed by atoms with van der Waals surface area (Å²) in [6.45, 7) is 2.57. The van der Waals surface area contributed by atoms with Crippen molar-refractivity contribution in [3.63, 3.8) is 0 Å². The molecule has 2 N–H and O–H groups in total. The Labute approximate surface area is 109 Å². The van der Waals surface area contributed by atoms with Crippen LogP contribution in [-0.2, 0) is 6.54 Å². The molecule has 1 aromatic carbocycles. The van der Waals surface area contributed by atoms with Gasteiger partial charge in [0, 0.05) is 11.3 Å². The van der Waals surface area contributed by atoms with E-state index >= 15 is 0 Å². The highest BCUT2D eigenvalue weighted by molar-refractivity contribution is 5.61. The lowest BCUT2D eigenvalue weighted by Gasteiger charge is -2.05. The van der Waals surface area contributed by atoms with Crippen LogP contribution in [0.3, 0.4) is 0 Å². The lowest BCUT2D eigenvalue weighted by atomic mass is 10.2. The monoisotopic (exact) mass is 255 g/mol. The van der Waals surface area contributed by atoms with Crippen LogP contribution < -0.4 is 5.32 Å². The molecule has 2 aromatic heterocycles. The summed E-state index contributed by atoms with van der Waals surface area (Å²) in [5.41, 5.74) is 1.89. The highest BCUT2D eigenvalue weighted by Crippen LogP contribution is 2.19. The van der Waals surface area contributed by atoms with Crippen molar-refractivity contribution >= 4 is 5.69 Å². The predicted octanol–water partition coefficient (Wildman–Crippen LogP) is 2.38. The second-order valence-corrected chi connectivity index (χ2v) is 4.18. The summed E-state index contributed by atoms with van der Waals surface area (Å²) < 4.78 is 5.51. The van der Waals surface area contributed by atoms with Gasteiger partial charge in [-0.15, -0.1) is 10.2 Å². The first-order chi connectivity index (χ1) is 9.31. The number of aromatic nitrogens is 4. The van der Waals surface area contributed by atoms with Crippen molar-refractivity contribution in [1.29, 1.82) is 0 Å². The summed E-state index contributed by atoms with van der Waals surface area (Å²) in [6, 6.07) is 11.8. The number of benzene rings is 1. The fourth-order valence-corrected chi connectivity index (χ4v) is 1.82. The molecule has 0 amide bonds. The maximum Gasteiger partial charge on any atom is 0.204 e. The number of tetrazole rings is 1. The highest BCUT2D eigenvalue weighted by Gasteiger charge is 2.04. The molecule has 3 aromatic rings. The number of aromatic amines is 1. The average Bonchev–Trinajstić information content (AvgIpc) is 3.08. The summed E-state index contributed by atoms with van der Waals surface area (Å²) in [5.74, 6) is 2.40. The molecule has 96 valence electrons. The normalized spacial score (nSPS) is 10.6. The van der Waals surface area contributed by atoms with Crippen LogP contribution in [0.5, 0.6) is 0 Å². The van der Waals surface area contributed by atoms with Gasteiger partial charge in [-0.3, -0.25) is 0 Å². The number of aryl methyl sites for hydroxylation is 1. The SMILES string of the molecule is Cc1ccc(CNc2cccc(-c3nn[nH]n3)c2)o1. The van der Waals surface area contributed by atoms with Gasteiger partial charge in [0.1, 0.15) is 11.5 Å². The van der Waals surface area contributed by atoms with Gasteiger partial charge in [-0.2, -0.15) is 5.21 Å². The number of nitrogens with one attached hydrogen (secondary N) is 2. The Morgan fingerprint density at radius 3 is 2.95 bits per heavy atom. The Balaban J connectivity index is 1.73. The Morgan fingerprint density at radius 1 is 1.26 bits per heavy atom. The Bertz CT molecular complexity index is 659. The molecular formula is C13H13N5O. The van der Waals surface area contributed by atoms with Crippen LogP contribution in [0.15, 0.2) is 40.8 Å². The highest BCUT2D eigenvalue weighted by atomic mass is 16.3. The van der Waals surface area contributed by atoms with Crippen molar-refractivity contribution < 1.29 is 4.42 Å². The zero-order valence-corrected chi connectivity index (χ0v) is 10.4. The van der Waals surface area contributed by atoms with Crippen molar-refractivity contribution in [2.24, 2.45) is 0 Å². The average molecular weight is 255 g/mol. The van der Waals surface area contributed by atoms with E-state index in [0.29, 0.717) is 12.4 Å². The predicted molar refractivity (Wildman–Crippen MR) is 70.4 cm³/mol. The number of hydrogen-bond donors (Lipinski definition) is 2. The molecule has 0 atom stereocenters. The summed E-state index contributed by atoms with van der Waals surface area (Å²) in [5, 5.41) is 17.2. The zero-order valence-electron chi connectivity index (χ0n) is 10.4. The van der Waals surface area contributed by atoms with Crippen LogP contribution in [0, 0.1) is 6.92 Å². The first kappa shape index (κ1) is 11.5.